The molecule has 0 aliphatic heterocycles. The minimum absolute atomic E-state index is 0.0952. The van der Waals surface area contributed by atoms with Crippen molar-refractivity contribution in [2.45, 2.75) is 12.3 Å². The molecule has 0 spiro atoms. The molecule has 0 bridgehead atoms. The second kappa shape index (κ2) is 4.32. The molecule has 0 fully saturated rings. The number of alkyl halides is 2. The lowest BCUT2D eigenvalue weighted by Gasteiger charge is -2.13. The Morgan fingerprint density at radius 1 is 1.36 bits per heavy atom. The lowest BCUT2D eigenvalue weighted by atomic mass is 9.99. The minimum atomic E-state index is -2.64. The fourth-order valence-electron chi connectivity index (χ4n) is 1.14. The number of halogens is 3. The van der Waals surface area contributed by atoms with Crippen LogP contribution < -0.4 is 5.73 Å². The molecule has 0 aliphatic carbocycles. The minimum Gasteiger partial charge on any atom is -0.505 e. The van der Waals surface area contributed by atoms with E-state index in [-0.39, 0.29) is 12.1 Å². The molecule has 5 heteroatoms. The van der Waals surface area contributed by atoms with Gasteiger partial charge in [-0.2, -0.15) is 0 Å². The van der Waals surface area contributed by atoms with E-state index < -0.39 is 23.9 Å². The number of rotatable bonds is 3. The van der Waals surface area contributed by atoms with Gasteiger partial charge < -0.3 is 10.8 Å². The van der Waals surface area contributed by atoms with Gasteiger partial charge in [-0.3, -0.25) is 0 Å². The van der Waals surface area contributed by atoms with Crippen LogP contribution in [-0.2, 0) is 0 Å². The molecule has 14 heavy (non-hydrogen) atoms. The lowest BCUT2D eigenvalue weighted by molar-refractivity contribution is 0.117. The largest absolute Gasteiger partial charge is 0.505 e. The van der Waals surface area contributed by atoms with E-state index in [9.17, 15) is 13.2 Å². The Morgan fingerprint density at radius 2 is 2.00 bits per heavy atom. The van der Waals surface area contributed by atoms with Crippen molar-refractivity contribution < 1.29 is 18.3 Å². The molecule has 0 radical (unpaired) electrons. The Bertz CT molecular complexity index is 317. The molecule has 0 saturated carbocycles. The van der Waals surface area contributed by atoms with Gasteiger partial charge in [0.2, 0.25) is 6.43 Å². The fraction of sp³-hybridized carbons (Fsp3) is 0.333. The molecule has 1 rings (SSSR count). The standard InChI is InChI=1S/C9H10F3NO/c10-7-3-5(1-2-8(7)14)6(4-13)9(11)12/h1-3,6,9,14H,4,13H2. The molecular formula is C9H10F3NO. The Labute approximate surface area is 79.2 Å². The average Bonchev–Trinajstić information content (AvgIpc) is 2.11. The highest BCUT2D eigenvalue weighted by molar-refractivity contribution is 5.30. The van der Waals surface area contributed by atoms with E-state index in [2.05, 4.69) is 0 Å². The third-order valence-corrected chi connectivity index (χ3v) is 1.96. The second-order valence-corrected chi connectivity index (χ2v) is 2.89. The van der Waals surface area contributed by atoms with Gasteiger partial charge in [0.25, 0.3) is 0 Å². The molecule has 1 atom stereocenters. The van der Waals surface area contributed by atoms with E-state index in [0.717, 1.165) is 12.1 Å². The van der Waals surface area contributed by atoms with Crippen LogP contribution in [0.25, 0.3) is 0 Å². The van der Waals surface area contributed by atoms with Crippen LogP contribution in [0.5, 0.6) is 5.75 Å². The summed E-state index contributed by atoms with van der Waals surface area (Å²) in [7, 11) is 0. The van der Waals surface area contributed by atoms with E-state index in [0.29, 0.717) is 0 Å². The van der Waals surface area contributed by atoms with Gasteiger partial charge in [0.1, 0.15) is 0 Å². The van der Waals surface area contributed by atoms with Crippen molar-refractivity contribution in [2.24, 2.45) is 5.73 Å². The van der Waals surface area contributed by atoms with Crippen LogP contribution in [0.1, 0.15) is 11.5 Å². The summed E-state index contributed by atoms with van der Waals surface area (Å²) >= 11 is 0. The molecule has 3 N–H and O–H groups in total. The number of aromatic hydroxyl groups is 1. The van der Waals surface area contributed by atoms with Crippen molar-refractivity contribution in [1.29, 1.82) is 0 Å². The molecule has 2 nitrogen and oxygen atoms in total. The summed E-state index contributed by atoms with van der Waals surface area (Å²) in [6.45, 7) is -0.262. The summed E-state index contributed by atoms with van der Waals surface area (Å²) in [6, 6.07) is 3.15. The van der Waals surface area contributed by atoms with Crippen molar-refractivity contribution in [1.82, 2.24) is 0 Å². The predicted molar refractivity (Wildman–Crippen MR) is 45.9 cm³/mol. The number of phenolic OH excluding ortho intramolecular Hbond substituents is 1. The van der Waals surface area contributed by atoms with Crippen LogP contribution in [0.4, 0.5) is 13.2 Å². The molecule has 1 unspecified atom stereocenters. The first-order valence-electron chi connectivity index (χ1n) is 4.03. The molecule has 0 aliphatic rings. The summed E-state index contributed by atoms with van der Waals surface area (Å²) < 4.78 is 37.5. The second-order valence-electron chi connectivity index (χ2n) is 2.89. The maximum absolute atomic E-state index is 12.8. The smallest absolute Gasteiger partial charge is 0.246 e. The topological polar surface area (TPSA) is 46.2 Å². The Balaban J connectivity index is 3.00. The third-order valence-electron chi connectivity index (χ3n) is 1.96. The van der Waals surface area contributed by atoms with E-state index in [1.54, 1.807) is 0 Å². The molecular weight excluding hydrogens is 195 g/mol. The number of benzene rings is 1. The summed E-state index contributed by atoms with van der Waals surface area (Å²) in [4.78, 5) is 0. The van der Waals surface area contributed by atoms with Crippen molar-refractivity contribution in [3.05, 3.63) is 29.6 Å². The first kappa shape index (κ1) is 10.8. The number of phenols is 1. The normalized spacial score (nSPS) is 13.2. The van der Waals surface area contributed by atoms with Crippen molar-refractivity contribution in [3.63, 3.8) is 0 Å². The zero-order valence-corrected chi connectivity index (χ0v) is 7.25. The van der Waals surface area contributed by atoms with Gasteiger partial charge in [0.05, 0.1) is 5.92 Å². The van der Waals surface area contributed by atoms with Gasteiger partial charge >= 0.3 is 0 Å². The van der Waals surface area contributed by atoms with Gasteiger partial charge in [-0.1, -0.05) is 6.07 Å². The van der Waals surface area contributed by atoms with Gasteiger partial charge in [0.15, 0.2) is 11.6 Å². The monoisotopic (exact) mass is 205 g/mol. The zero-order chi connectivity index (χ0) is 10.7. The molecule has 78 valence electrons. The molecule has 0 heterocycles. The third kappa shape index (κ3) is 2.17. The molecule has 0 aromatic heterocycles. The fourth-order valence-corrected chi connectivity index (χ4v) is 1.14. The summed E-state index contributed by atoms with van der Waals surface area (Å²) in [5.41, 5.74) is 5.22. The van der Waals surface area contributed by atoms with E-state index in [1.807, 2.05) is 0 Å². The molecule has 0 amide bonds. The SMILES string of the molecule is NCC(c1ccc(O)c(F)c1)C(F)F. The Kier molecular flexibility index (Phi) is 3.35. The van der Waals surface area contributed by atoms with Crippen LogP contribution in [0.2, 0.25) is 0 Å². The number of nitrogens with two attached hydrogens (primary N) is 1. The van der Waals surface area contributed by atoms with Crippen LogP contribution in [-0.4, -0.2) is 18.1 Å². The lowest BCUT2D eigenvalue weighted by Crippen LogP contribution is -2.19. The zero-order valence-electron chi connectivity index (χ0n) is 7.25. The van der Waals surface area contributed by atoms with E-state index in [1.165, 1.54) is 6.07 Å². The van der Waals surface area contributed by atoms with Gasteiger partial charge in [-0.15, -0.1) is 0 Å². The van der Waals surface area contributed by atoms with E-state index in [4.69, 9.17) is 10.8 Å². The average molecular weight is 205 g/mol. The molecule has 1 aromatic carbocycles. The number of hydrogen-bond acceptors (Lipinski definition) is 2. The maximum atomic E-state index is 12.8. The van der Waals surface area contributed by atoms with Crippen molar-refractivity contribution in [2.75, 3.05) is 6.54 Å². The molecule has 1 aromatic rings. The van der Waals surface area contributed by atoms with Crippen molar-refractivity contribution in [3.8, 4) is 5.75 Å². The molecule has 0 saturated heterocycles. The summed E-state index contributed by atoms with van der Waals surface area (Å²) in [5.74, 6) is -2.66. The summed E-state index contributed by atoms with van der Waals surface area (Å²) in [5, 5.41) is 8.84. The summed E-state index contributed by atoms with van der Waals surface area (Å²) in [6.07, 6.45) is -2.64. The highest BCUT2D eigenvalue weighted by Crippen LogP contribution is 2.25. The first-order valence-corrected chi connectivity index (χ1v) is 4.03. The van der Waals surface area contributed by atoms with Crippen LogP contribution in [0.15, 0.2) is 18.2 Å². The van der Waals surface area contributed by atoms with Crippen LogP contribution >= 0.6 is 0 Å². The Morgan fingerprint density at radius 3 is 2.43 bits per heavy atom. The predicted octanol–water partition coefficient (Wildman–Crippen LogP) is 1.84. The maximum Gasteiger partial charge on any atom is 0.246 e. The van der Waals surface area contributed by atoms with Gasteiger partial charge in [-0.05, 0) is 17.7 Å². The number of hydrogen-bond donors (Lipinski definition) is 2. The van der Waals surface area contributed by atoms with Crippen molar-refractivity contribution >= 4 is 0 Å². The van der Waals surface area contributed by atoms with Crippen LogP contribution in [0, 0.1) is 5.82 Å². The highest BCUT2D eigenvalue weighted by Gasteiger charge is 2.21. The Hall–Kier alpha value is -1.23. The first-order chi connectivity index (χ1) is 6.56. The quantitative estimate of drug-likeness (QED) is 0.790. The van der Waals surface area contributed by atoms with Crippen LogP contribution in [0.3, 0.4) is 0 Å². The van der Waals surface area contributed by atoms with Gasteiger partial charge in [-0.25, -0.2) is 13.2 Å². The van der Waals surface area contributed by atoms with E-state index >= 15 is 0 Å². The highest BCUT2D eigenvalue weighted by atomic mass is 19.3. The van der Waals surface area contributed by atoms with Gasteiger partial charge in [0, 0.05) is 6.54 Å².